The second-order valence-corrected chi connectivity index (χ2v) is 5.44. The van der Waals surface area contributed by atoms with Gasteiger partial charge < -0.3 is 4.74 Å². The number of pyridine rings is 3. The lowest BCUT2D eigenvalue weighted by Gasteiger charge is -2.09. The van der Waals surface area contributed by atoms with Gasteiger partial charge in [0.05, 0.1) is 18.8 Å². The molecule has 0 saturated heterocycles. The fourth-order valence-corrected chi connectivity index (χ4v) is 2.80. The number of hydrogen-bond donors (Lipinski definition) is 0. The van der Waals surface area contributed by atoms with Gasteiger partial charge in [-0.15, -0.1) is 0 Å². The van der Waals surface area contributed by atoms with E-state index in [0.29, 0.717) is 0 Å². The first kappa shape index (κ1) is 14.3. The molecule has 116 valence electrons. The molecule has 3 aromatic heterocycles. The lowest BCUT2D eigenvalue weighted by Crippen LogP contribution is -1.88. The van der Waals surface area contributed by atoms with Crippen LogP contribution in [0, 0.1) is 0 Å². The Morgan fingerprint density at radius 2 is 1.62 bits per heavy atom. The molecule has 0 aliphatic carbocycles. The Hall–Kier alpha value is -3.27. The lowest BCUT2D eigenvalue weighted by molar-refractivity contribution is 0.413. The molecule has 0 aliphatic rings. The van der Waals surface area contributed by atoms with Crippen LogP contribution in [0.1, 0.15) is 0 Å². The molecule has 0 saturated carbocycles. The van der Waals surface area contributed by atoms with Gasteiger partial charge in [0.1, 0.15) is 5.75 Å². The molecule has 0 N–H and O–H groups in total. The molecule has 4 heteroatoms. The first-order valence-electron chi connectivity index (χ1n) is 7.64. The van der Waals surface area contributed by atoms with Crippen LogP contribution in [0.15, 0.2) is 73.4 Å². The molecular formula is C20H15N3O. The van der Waals surface area contributed by atoms with Crippen LogP contribution in [0.25, 0.3) is 33.2 Å². The second-order valence-electron chi connectivity index (χ2n) is 5.44. The topological polar surface area (TPSA) is 47.9 Å². The molecule has 0 spiro atoms. The number of rotatable bonds is 3. The summed E-state index contributed by atoms with van der Waals surface area (Å²) in [5.74, 6) is 0.744. The van der Waals surface area contributed by atoms with Crippen LogP contribution >= 0.6 is 0 Å². The third kappa shape index (κ3) is 2.58. The van der Waals surface area contributed by atoms with Crippen molar-refractivity contribution in [3.63, 3.8) is 0 Å². The Morgan fingerprint density at radius 3 is 2.46 bits per heavy atom. The number of aromatic nitrogens is 3. The van der Waals surface area contributed by atoms with Gasteiger partial charge in [-0.3, -0.25) is 15.0 Å². The van der Waals surface area contributed by atoms with E-state index in [1.807, 2.05) is 42.7 Å². The van der Waals surface area contributed by atoms with Crippen LogP contribution in [0.5, 0.6) is 5.75 Å². The summed E-state index contributed by atoms with van der Waals surface area (Å²) < 4.78 is 5.28. The van der Waals surface area contributed by atoms with Gasteiger partial charge in [0.15, 0.2) is 0 Å². The molecule has 0 unspecified atom stereocenters. The lowest BCUT2D eigenvalue weighted by atomic mass is 9.98. The van der Waals surface area contributed by atoms with Gasteiger partial charge in [0.25, 0.3) is 0 Å². The van der Waals surface area contributed by atoms with Crippen molar-refractivity contribution in [3.8, 4) is 28.0 Å². The second kappa shape index (κ2) is 6.08. The Morgan fingerprint density at radius 1 is 0.750 bits per heavy atom. The molecule has 0 bridgehead atoms. The van der Waals surface area contributed by atoms with Crippen molar-refractivity contribution < 1.29 is 4.74 Å². The number of nitrogens with zero attached hydrogens (tertiary/aromatic N) is 3. The number of methoxy groups -OCH3 is 1. The van der Waals surface area contributed by atoms with Crippen molar-refractivity contribution in [2.75, 3.05) is 7.11 Å². The van der Waals surface area contributed by atoms with E-state index in [1.165, 1.54) is 0 Å². The van der Waals surface area contributed by atoms with Gasteiger partial charge in [-0.2, -0.15) is 0 Å². The molecule has 0 aliphatic heterocycles. The highest BCUT2D eigenvalue weighted by Gasteiger charge is 2.07. The number of ether oxygens (including phenoxy) is 1. The molecule has 0 radical (unpaired) electrons. The molecule has 4 rings (SSSR count). The minimum atomic E-state index is 0.744. The normalized spacial score (nSPS) is 10.7. The van der Waals surface area contributed by atoms with Gasteiger partial charge in [0, 0.05) is 35.7 Å². The van der Waals surface area contributed by atoms with Crippen molar-refractivity contribution >= 4 is 10.9 Å². The fraction of sp³-hybridized carbons (Fsp3) is 0.0500. The van der Waals surface area contributed by atoms with E-state index < -0.39 is 0 Å². The fourth-order valence-electron chi connectivity index (χ4n) is 2.80. The van der Waals surface area contributed by atoms with Gasteiger partial charge >= 0.3 is 0 Å². The molecule has 1 aromatic carbocycles. The highest BCUT2D eigenvalue weighted by Crippen LogP contribution is 2.31. The molecule has 0 atom stereocenters. The molecule has 0 fully saturated rings. The molecule has 24 heavy (non-hydrogen) atoms. The van der Waals surface area contributed by atoms with Gasteiger partial charge in [0.2, 0.25) is 0 Å². The highest BCUT2D eigenvalue weighted by molar-refractivity contribution is 5.96. The van der Waals surface area contributed by atoms with E-state index in [0.717, 1.165) is 38.9 Å². The van der Waals surface area contributed by atoms with Crippen molar-refractivity contribution in [2.45, 2.75) is 0 Å². The predicted octanol–water partition coefficient (Wildman–Crippen LogP) is 4.37. The van der Waals surface area contributed by atoms with Crippen LogP contribution in [-0.4, -0.2) is 22.1 Å². The number of fused-ring (bicyclic) bond motifs is 1. The van der Waals surface area contributed by atoms with Gasteiger partial charge in [-0.1, -0.05) is 6.07 Å². The Kier molecular flexibility index (Phi) is 3.63. The third-order valence-electron chi connectivity index (χ3n) is 4.02. The highest BCUT2D eigenvalue weighted by atomic mass is 16.5. The maximum atomic E-state index is 5.28. The van der Waals surface area contributed by atoms with E-state index >= 15 is 0 Å². The summed E-state index contributed by atoms with van der Waals surface area (Å²) in [5.41, 5.74) is 5.32. The molecule has 4 nitrogen and oxygen atoms in total. The summed E-state index contributed by atoms with van der Waals surface area (Å²) in [5, 5.41) is 1.10. The summed E-state index contributed by atoms with van der Waals surface area (Å²) in [6.07, 6.45) is 8.99. The summed E-state index contributed by atoms with van der Waals surface area (Å²) in [7, 11) is 1.65. The van der Waals surface area contributed by atoms with E-state index in [2.05, 4.69) is 27.1 Å². The standard InChI is InChI=1S/C20H15N3O/c1-24-17-10-16(12-22-13-17)15-2-3-20-19(11-15)18(6-9-23-20)14-4-7-21-8-5-14/h2-13H,1H3. The van der Waals surface area contributed by atoms with E-state index in [-0.39, 0.29) is 0 Å². The van der Waals surface area contributed by atoms with Crippen molar-refractivity contribution in [3.05, 3.63) is 73.4 Å². The van der Waals surface area contributed by atoms with Gasteiger partial charge in [-0.05, 0) is 53.1 Å². The minimum Gasteiger partial charge on any atom is -0.495 e. The summed E-state index contributed by atoms with van der Waals surface area (Å²) in [6, 6.07) is 14.3. The summed E-state index contributed by atoms with van der Waals surface area (Å²) >= 11 is 0. The zero-order chi connectivity index (χ0) is 16.4. The predicted molar refractivity (Wildman–Crippen MR) is 94.8 cm³/mol. The quantitative estimate of drug-likeness (QED) is 0.563. The molecule has 0 amide bonds. The molecule has 3 heterocycles. The third-order valence-corrected chi connectivity index (χ3v) is 4.02. The van der Waals surface area contributed by atoms with Gasteiger partial charge in [-0.25, -0.2) is 0 Å². The molecule has 4 aromatic rings. The average molecular weight is 313 g/mol. The molecular weight excluding hydrogens is 298 g/mol. The number of benzene rings is 1. The van der Waals surface area contributed by atoms with Crippen LogP contribution < -0.4 is 4.74 Å². The van der Waals surface area contributed by atoms with Crippen molar-refractivity contribution in [2.24, 2.45) is 0 Å². The summed E-state index contributed by atoms with van der Waals surface area (Å²) in [4.78, 5) is 12.8. The Balaban J connectivity index is 1.91. The van der Waals surface area contributed by atoms with E-state index in [1.54, 1.807) is 25.7 Å². The number of hydrogen-bond acceptors (Lipinski definition) is 4. The van der Waals surface area contributed by atoms with Crippen LogP contribution in [0.2, 0.25) is 0 Å². The summed E-state index contributed by atoms with van der Waals surface area (Å²) in [6.45, 7) is 0. The monoisotopic (exact) mass is 313 g/mol. The van der Waals surface area contributed by atoms with Crippen molar-refractivity contribution in [1.29, 1.82) is 0 Å². The first-order chi connectivity index (χ1) is 11.8. The average Bonchev–Trinajstić information content (AvgIpc) is 2.68. The van der Waals surface area contributed by atoms with Crippen molar-refractivity contribution in [1.82, 2.24) is 15.0 Å². The largest absolute Gasteiger partial charge is 0.495 e. The maximum absolute atomic E-state index is 5.28. The van der Waals surface area contributed by atoms with Crippen LogP contribution in [0.4, 0.5) is 0 Å². The first-order valence-corrected chi connectivity index (χ1v) is 7.64. The SMILES string of the molecule is COc1cncc(-c2ccc3nccc(-c4ccncc4)c3c2)c1. The van der Waals surface area contributed by atoms with Crippen LogP contribution in [-0.2, 0) is 0 Å². The Bertz CT molecular complexity index is 1000. The van der Waals surface area contributed by atoms with E-state index in [4.69, 9.17) is 4.74 Å². The Labute approximate surface area is 139 Å². The zero-order valence-corrected chi connectivity index (χ0v) is 13.2. The zero-order valence-electron chi connectivity index (χ0n) is 13.2. The minimum absolute atomic E-state index is 0.744. The maximum Gasteiger partial charge on any atom is 0.137 e. The smallest absolute Gasteiger partial charge is 0.137 e. The van der Waals surface area contributed by atoms with E-state index in [9.17, 15) is 0 Å². The van der Waals surface area contributed by atoms with Crippen LogP contribution in [0.3, 0.4) is 0 Å².